The van der Waals surface area contributed by atoms with Crippen molar-refractivity contribution in [2.24, 2.45) is 0 Å². The molecule has 1 aliphatic rings. The Morgan fingerprint density at radius 1 is 1.37 bits per heavy atom. The molecule has 8 heteroatoms. The van der Waals surface area contributed by atoms with Gasteiger partial charge in [-0.3, -0.25) is 15.0 Å². The fourth-order valence-corrected chi connectivity index (χ4v) is 4.28. The molecule has 0 spiro atoms. The molecule has 0 atom stereocenters. The SMILES string of the molecule is CCN1CCc2nc(NC(=O)c3cnn(-c4ccccc4F)c3C)sc2C1. The molecule has 1 amide bonds. The zero-order valence-electron chi connectivity index (χ0n) is 15.2. The smallest absolute Gasteiger partial charge is 0.260 e. The second-order valence-electron chi connectivity index (χ2n) is 6.47. The third kappa shape index (κ3) is 3.38. The van der Waals surface area contributed by atoms with Crippen molar-refractivity contribution in [2.75, 3.05) is 18.4 Å². The molecule has 0 radical (unpaired) electrons. The molecule has 1 aliphatic heterocycles. The fraction of sp³-hybridized carbons (Fsp3) is 0.316. The van der Waals surface area contributed by atoms with Crippen LogP contribution >= 0.6 is 11.3 Å². The number of thiazole rings is 1. The van der Waals surface area contributed by atoms with Crippen molar-refractivity contribution in [3.8, 4) is 5.69 Å². The van der Waals surface area contributed by atoms with Crippen LogP contribution in [0.25, 0.3) is 5.69 Å². The van der Waals surface area contributed by atoms with E-state index in [2.05, 4.69) is 27.2 Å². The number of nitrogens with one attached hydrogen (secondary N) is 1. The number of para-hydroxylation sites is 1. The molecule has 0 bridgehead atoms. The highest BCUT2D eigenvalue weighted by Crippen LogP contribution is 2.28. The van der Waals surface area contributed by atoms with Crippen molar-refractivity contribution < 1.29 is 9.18 Å². The van der Waals surface area contributed by atoms with E-state index in [4.69, 9.17) is 0 Å². The molecule has 0 unspecified atom stereocenters. The van der Waals surface area contributed by atoms with Crippen LogP contribution in [0.15, 0.2) is 30.5 Å². The molecule has 0 aliphatic carbocycles. The number of likely N-dealkylation sites (N-methyl/N-ethyl adjacent to an activating group) is 1. The van der Waals surface area contributed by atoms with Crippen LogP contribution < -0.4 is 5.32 Å². The van der Waals surface area contributed by atoms with Gasteiger partial charge in [0.2, 0.25) is 0 Å². The number of halogens is 1. The summed E-state index contributed by atoms with van der Waals surface area (Å²) in [6, 6.07) is 6.36. The number of hydrogen-bond acceptors (Lipinski definition) is 5. The highest BCUT2D eigenvalue weighted by atomic mass is 32.1. The summed E-state index contributed by atoms with van der Waals surface area (Å²) in [5.41, 5.74) is 2.37. The Hall–Kier alpha value is -2.58. The van der Waals surface area contributed by atoms with Crippen molar-refractivity contribution in [3.63, 3.8) is 0 Å². The normalized spacial score (nSPS) is 14.2. The number of anilines is 1. The molecule has 0 saturated heterocycles. The molecular weight excluding hydrogens is 365 g/mol. The van der Waals surface area contributed by atoms with E-state index in [9.17, 15) is 9.18 Å². The molecule has 1 N–H and O–H groups in total. The first-order valence-electron chi connectivity index (χ1n) is 8.88. The van der Waals surface area contributed by atoms with Gasteiger partial charge in [-0.05, 0) is 25.6 Å². The molecular formula is C19H20FN5OS. The minimum absolute atomic E-state index is 0.284. The van der Waals surface area contributed by atoms with Gasteiger partial charge in [-0.2, -0.15) is 5.10 Å². The quantitative estimate of drug-likeness (QED) is 0.748. The second kappa shape index (κ2) is 7.21. The molecule has 1 aromatic carbocycles. The number of hydrogen-bond donors (Lipinski definition) is 1. The summed E-state index contributed by atoms with van der Waals surface area (Å²) in [7, 11) is 0. The first kappa shape index (κ1) is 17.8. The Balaban J connectivity index is 1.55. The van der Waals surface area contributed by atoms with Crippen molar-refractivity contribution in [2.45, 2.75) is 26.8 Å². The van der Waals surface area contributed by atoms with Crippen LogP contribution in [0.2, 0.25) is 0 Å². The molecule has 0 saturated carbocycles. The molecule has 0 fully saturated rings. The topological polar surface area (TPSA) is 63.1 Å². The van der Waals surface area contributed by atoms with Gasteiger partial charge < -0.3 is 0 Å². The van der Waals surface area contributed by atoms with Gasteiger partial charge in [0.25, 0.3) is 5.91 Å². The van der Waals surface area contributed by atoms with Gasteiger partial charge in [-0.15, -0.1) is 11.3 Å². The predicted molar refractivity (Wildman–Crippen MR) is 103 cm³/mol. The van der Waals surface area contributed by atoms with Crippen molar-refractivity contribution in [3.05, 3.63) is 58.1 Å². The fourth-order valence-electron chi connectivity index (χ4n) is 3.24. The van der Waals surface area contributed by atoms with Crippen molar-refractivity contribution >= 4 is 22.4 Å². The van der Waals surface area contributed by atoms with Crippen molar-refractivity contribution in [1.82, 2.24) is 19.7 Å². The van der Waals surface area contributed by atoms with Crippen LogP contribution in [0.1, 0.15) is 33.5 Å². The van der Waals surface area contributed by atoms with Crippen LogP contribution in [-0.2, 0) is 13.0 Å². The standard InChI is InChI=1S/C19H20FN5OS/c1-3-24-9-8-15-17(11-24)27-19(22-15)23-18(26)13-10-21-25(12(13)2)16-7-5-4-6-14(16)20/h4-7,10H,3,8-9,11H2,1-2H3,(H,22,23,26). The average molecular weight is 385 g/mol. The summed E-state index contributed by atoms with van der Waals surface area (Å²) in [6.07, 6.45) is 2.36. The van der Waals surface area contributed by atoms with Crippen LogP contribution in [0.4, 0.5) is 9.52 Å². The number of carbonyl (C=O) groups is 1. The van der Waals surface area contributed by atoms with Crippen LogP contribution in [0, 0.1) is 12.7 Å². The van der Waals surface area contributed by atoms with E-state index in [1.807, 2.05) is 0 Å². The van der Waals surface area contributed by atoms with E-state index in [1.165, 1.54) is 33.2 Å². The van der Waals surface area contributed by atoms with E-state index in [-0.39, 0.29) is 11.7 Å². The number of benzene rings is 1. The third-order valence-electron chi connectivity index (χ3n) is 4.81. The third-order valence-corrected chi connectivity index (χ3v) is 5.81. The molecule has 3 heterocycles. The van der Waals surface area contributed by atoms with Crippen LogP contribution in [0.3, 0.4) is 0 Å². The van der Waals surface area contributed by atoms with E-state index >= 15 is 0 Å². The summed E-state index contributed by atoms with van der Waals surface area (Å²) >= 11 is 1.52. The first-order valence-corrected chi connectivity index (χ1v) is 9.70. The van der Waals surface area contributed by atoms with Gasteiger partial charge in [0.05, 0.1) is 23.1 Å². The maximum atomic E-state index is 14.0. The molecule has 2 aromatic heterocycles. The lowest BCUT2D eigenvalue weighted by Crippen LogP contribution is -2.29. The molecule has 27 heavy (non-hydrogen) atoms. The summed E-state index contributed by atoms with van der Waals surface area (Å²) in [4.78, 5) is 20.8. The Kier molecular flexibility index (Phi) is 4.75. The number of fused-ring (bicyclic) bond motifs is 1. The van der Waals surface area contributed by atoms with E-state index in [0.717, 1.165) is 31.7 Å². The Morgan fingerprint density at radius 2 is 2.19 bits per heavy atom. The Labute approximate surface area is 160 Å². The number of carbonyl (C=O) groups excluding carboxylic acids is 1. The summed E-state index contributed by atoms with van der Waals surface area (Å²) in [5.74, 6) is -0.669. The van der Waals surface area contributed by atoms with Gasteiger partial charge in [0, 0.05) is 24.4 Å². The van der Waals surface area contributed by atoms with Gasteiger partial charge in [-0.1, -0.05) is 19.1 Å². The molecule has 140 valence electrons. The van der Waals surface area contributed by atoms with Crippen LogP contribution in [0.5, 0.6) is 0 Å². The Bertz CT molecular complexity index is 996. The summed E-state index contributed by atoms with van der Waals surface area (Å²) in [5, 5.41) is 7.66. The van der Waals surface area contributed by atoms with Crippen molar-refractivity contribution in [1.29, 1.82) is 0 Å². The molecule has 3 aromatic rings. The lowest BCUT2D eigenvalue weighted by Gasteiger charge is -2.23. The van der Waals surface area contributed by atoms with Crippen LogP contribution in [-0.4, -0.2) is 38.7 Å². The zero-order valence-corrected chi connectivity index (χ0v) is 16.0. The largest absolute Gasteiger partial charge is 0.298 e. The summed E-state index contributed by atoms with van der Waals surface area (Å²) in [6.45, 7) is 6.78. The predicted octanol–water partition coefficient (Wildman–Crippen LogP) is 3.41. The average Bonchev–Trinajstić information content (AvgIpc) is 3.24. The number of aromatic nitrogens is 3. The van der Waals surface area contributed by atoms with E-state index in [0.29, 0.717) is 22.1 Å². The minimum atomic E-state index is -0.385. The maximum Gasteiger partial charge on any atom is 0.260 e. The lowest BCUT2D eigenvalue weighted by molar-refractivity contribution is 0.102. The highest BCUT2D eigenvalue weighted by Gasteiger charge is 2.22. The first-order chi connectivity index (χ1) is 13.1. The number of rotatable bonds is 4. The monoisotopic (exact) mass is 385 g/mol. The number of nitrogens with zero attached hydrogens (tertiary/aromatic N) is 4. The molecule has 6 nitrogen and oxygen atoms in total. The number of amides is 1. The minimum Gasteiger partial charge on any atom is -0.298 e. The van der Waals surface area contributed by atoms with Gasteiger partial charge in [-0.25, -0.2) is 14.1 Å². The van der Waals surface area contributed by atoms with E-state index in [1.54, 1.807) is 25.1 Å². The Morgan fingerprint density at radius 3 is 2.96 bits per heavy atom. The maximum absolute atomic E-state index is 14.0. The second-order valence-corrected chi connectivity index (χ2v) is 7.55. The highest BCUT2D eigenvalue weighted by molar-refractivity contribution is 7.15. The van der Waals surface area contributed by atoms with E-state index < -0.39 is 0 Å². The lowest BCUT2D eigenvalue weighted by atomic mass is 10.2. The van der Waals surface area contributed by atoms with Gasteiger partial charge in [0.15, 0.2) is 5.13 Å². The van der Waals surface area contributed by atoms with Gasteiger partial charge >= 0.3 is 0 Å². The van der Waals surface area contributed by atoms with Gasteiger partial charge in [0.1, 0.15) is 11.5 Å². The molecule has 4 rings (SSSR count). The summed E-state index contributed by atoms with van der Waals surface area (Å²) < 4.78 is 15.5. The zero-order chi connectivity index (χ0) is 19.0.